The highest BCUT2D eigenvalue weighted by Crippen LogP contribution is 2.25. The molecule has 4 nitrogen and oxygen atoms in total. The molecule has 3 rings (SSSR count). The molecule has 1 fully saturated rings. The van der Waals surface area contributed by atoms with E-state index in [9.17, 15) is 0 Å². The van der Waals surface area contributed by atoms with Crippen molar-refractivity contribution in [2.45, 2.75) is 13.0 Å². The normalized spacial score (nSPS) is 16.7. The fourth-order valence-corrected chi connectivity index (χ4v) is 3.24. The molecule has 5 heteroatoms. The van der Waals surface area contributed by atoms with E-state index in [2.05, 4.69) is 27.0 Å². The summed E-state index contributed by atoms with van der Waals surface area (Å²) in [6, 6.07) is 6.16. The van der Waals surface area contributed by atoms with Gasteiger partial charge in [0.15, 0.2) is 0 Å². The van der Waals surface area contributed by atoms with Crippen LogP contribution in [0.3, 0.4) is 0 Å². The molecular weight excluding hydrogens is 284 g/mol. The molecule has 1 aromatic carbocycles. The summed E-state index contributed by atoms with van der Waals surface area (Å²) in [5.41, 5.74) is 8.32. The molecule has 1 aliphatic heterocycles. The van der Waals surface area contributed by atoms with E-state index in [1.54, 1.807) is 0 Å². The molecule has 0 aliphatic carbocycles. The molecule has 1 saturated heterocycles. The molecule has 114 valence electrons. The van der Waals surface area contributed by atoms with Gasteiger partial charge in [-0.1, -0.05) is 17.7 Å². The first kappa shape index (κ1) is 14.9. The predicted molar refractivity (Wildman–Crippen MR) is 89.0 cm³/mol. The molecule has 21 heavy (non-hydrogen) atoms. The van der Waals surface area contributed by atoms with Gasteiger partial charge in [-0.15, -0.1) is 0 Å². The highest BCUT2D eigenvalue weighted by molar-refractivity contribution is 6.31. The van der Waals surface area contributed by atoms with Gasteiger partial charge in [0.25, 0.3) is 0 Å². The number of halogens is 1. The van der Waals surface area contributed by atoms with Crippen molar-refractivity contribution in [3.63, 3.8) is 0 Å². The fourth-order valence-electron chi connectivity index (χ4n) is 3.08. The van der Waals surface area contributed by atoms with Crippen molar-refractivity contribution in [2.75, 3.05) is 39.3 Å². The van der Waals surface area contributed by atoms with E-state index in [0.717, 1.165) is 50.7 Å². The van der Waals surface area contributed by atoms with Gasteiger partial charge in [0, 0.05) is 67.9 Å². The lowest BCUT2D eigenvalue weighted by Gasteiger charge is -2.26. The van der Waals surface area contributed by atoms with Gasteiger partial charge in [-0.05, 0) is 24.1 Å². The largest absolute Gasteiger partial charge is 0.346 e. The van der Waals surface area contributed by atoms with Crippen molar-refractivity contribution in [1.82, 2.24) is 14.8 Å². The summed E-state index contributed by atoms with van der Waals surface area (Å²) in [5, 5.41) is 5.49. The second-order valence-electron chi connectivity index (χ2n) is 5.64. The smallest absolute Gasteiger partial charge is 0.0498 e. The van der Waals surface area contributed by atoms with Crippen LogP contribution in [-0.2, 0) is 13.0 Å². The van der Waals surface area contributed by atoms with E-state index in [0.29, 0.717) is 6.54 Å². The predicted octanol–water partition coefficient (Wildman–Crippen LogP) is 1.70. The van der Waals surface area contributed by atoms with Crippen molar-refractivity contribution in [3.8, 4) is 0 Å². The molecule has 1 aromatic heterocycles. The number of aromatic nitrogens is 1. The minimum Gasteiger partial charge on any atom is -0.346 e. The van der Waals surface area contributed by atoms with Gasteiger partial charge < -0.3 is 20.5 Å². The molecule has 1 aliphatic rings. The van der Waals surface area contributed by atoms with Crippen LogP contribution in [0.15, 0.2) is 24.4 Å². The van der Waals surface area contributed by atoms with Crippen LogP contribution in [0.1, 0.15) is 5.56 Å². The SMILES string of the molecule is NCCn1cc(CCN2CCNCC2)c2ccc(Cl)cc21. The zero-order chi connectivity index (χ0) is 14.7. The van der Waals surface area contributed by atoms with E-state index >= 15 is 0 Å². The Balaban J connectivity index is 1.80. The molecule has 0 radical (unpaired) electrons. The molecule has 0 unspecified atom stereocenters. The Kier molecular flexibility index (Phi) is 4.80. The lowest BCUT2D eigenvalue weighted by atomic mass is 10.1. The third-order valence-electron chi connectivity index (χ3n) is 4.20. The maximum absolute atomic E-state index is 6.14. The molecule has 0 atom stereocenters. The number of nitrogens with zero attached hydrogens (tertiary/aromatic N) is 2. The first-order chi connectivity index (χ1) is 10.3. The van der Waals surface area contributed by atoms with Gasteiger partial charge in [-0.2, -0.15) is 0 Å². The molecular formula is C16H23ClN4. The Morgan fingerprint density at radius 2 is 2.00 bits per heavy atom. The zero-order valence-electron chi connectivity index (χ0n) is 12.3. The van der Waals surface area contributed by atoms with Crippen LogP contribution in [0.25, 0.3) is 10.9 Å². The van der Waals surface area contributed by atoms with Gasteiger partial charge in [-0.3, -0.25) is 0 Å². The maximum Gasteiger partial charge on any atom is 0.0498 e. The number of hydrogen-bond acceptors (Lipinski definition) is 3. The Labute approximate surface area is 130 Å². The summed E-state index contributed by atoms with van der Waals surface area (Å²) in [5.74, 6) is 0. The number of hydrogen-bond donors (Lipinski definition) is 2. The van der Waals surface area contributed by atoms with Crippen LogP contribution in [0, 0.1) is 0 Å². The number of nitrogens with two attached hydrogens (primary N) is 1. The van der Waals surface area contributed by atoms with Gasteiger partial charge >= 0.3 is 0 Å². The van der Waals surface area contributed by atoms with E-state index in [1.165, 1.54) is 16.5 Å². The minimum atomic E-state index is 0.646. The Morgan fingerprint density at radius 3 is 2.76 bits per heavy atom. The third-order valence-corrected chi connectivity index (χ3v) is 4.44. The van der Waals surface area contributed by atoms with Crippen molar-refractivity contribution >= 4 is 22.5 Å². The average Bonchev–Trinajstić information content (AvgIpc) is 2.84. The number of nitrogens with one attached hydrogen (secondary N) is 1. The molecule has 0 spiro atoms. The van der Waals surface area contributed by atoms with Crippen LogP contribution in [0.4, 0.5) is 0 Å². The van der Waals surface area contributed by atoms with Crippen molar-refractivity contribution in [3.05, 3.63) is 35.0 Å². The van der Waals surface area contributed by atoms with E-state index < -0.39 is 0 Å². The molecule has 0 saturated carbocycles. The maximum atomic E-state index is 6.14. The molecule has 0 bridgehead atoms. The third kappa shape index (κ3) is 3.40. The molecule has 3 N–H and O–H groups in total. The van der Waals surface area contributed by atoms with Crippen LogP contribution in [-0.4, -0.2) is 48.7 Å². The molecule has 0 amide bonds. The number of fused-ring (bicyclic) bond motifs is 1. The Hall–Kier alpha value is -1.07. The summed E-state index contributed by atoms with van der Waals surface area (Å²) in [7, 11) is 0. The highest BCUT2D eigenvalue weighted by atomic mass is 35.5. The fraction of sp³-hybridized carbons (Fsp3) is 0.500. The van der Waals surface area contributed by atoms with Crippen molar-refractivity contribution < 1.29 is 0 Å². The molecule has 2 heterocycles. The van der Waals surface area contributed by atoms with Crippen molar-refractivity contribution in [2.24, 2.45) is 5.73 Å². The Bertz CT molecular complexity index is 602. The van der Waals surface area contributed by atoms with Gasteiger partial charge in [0.2, 0.25) is 0 Å². The number of benzene rings is 1. The second kappa shape index (κ2) is 6.79. The van der Waals surface area contributed by atoms with E-state index in [4.69, 9.17) is 17.3 Å². The summed E-state index contributed by atoms with van der Waals surface area (Å²) >= 11 is 6.14. The van der Waals surface area contributed by atoms with Crippen LogP contribution < -0.4 is 11.1 Å². The zero-order valence-corrected chi connectivity index (χ0v) is 13.1. The molecule has 2 aromatic rings. The van der Waals surface area contributed by atoms with Crippen LogP contribution in [0.5, 0.6) is 0 Å². The average molecular weight is 307 g/mol. The van der Waals surface area contributed by atoms with E-state index in [-0.39, 0.29) is 0 Å². The van der Waals surface area contributed by atoms with Crippen molar-refractivity contribution in [1.29, 1.82) is 0 Å². The number of rotatable bonds is 5. The van der Waals surface area contributed by atoms with Crippen LogP contribution in [0.2, 0.25) is 5.02 Å². The lowest BCUT2D eigenvalue weighted by Crippen LogP contribution is -2.44. The van der Waals surface area contributed by atoms with Gasteiger partial charge in [0.05, 0.1) is 0 Å². The highest BCUT2D eigenvalue weighted by Gasteiger charge is 2.12. The van der Waals surface area contributed by atoms with Gasteiger partial charge in [-0.25, -0.2) is 0 Å². The summed E-state index contributed by atoms with van der Waals surface area (Å²) in [6.45, 7) is 7.10. The Morgan fingerprint density at radius 1 is 1.19 bits per heavy atom. The second-order valence-corrected chi connectivity index (χ2v) is 6.08. The summed E-state index contributed by atoms with van der Waals surface area (Å²) < 4.78 is 2.23. The summed E-state index contributed by atoms with van der Waals surface area (Å²) in [4.78, 5) is 2.53. The summed E-state index contributed by atoms with van der Waals surface area (Å²) in [6.07, 6.45) is 3.33. The minimum absolute atomic E-state index is 0.646. The first-order valence-electron chi connectivity index (χ1n) is 7.68. The van der Waals surface area contributed by atoms with E-state index in [1.807, 2.05) is 12.1 Å². The number of piperazine rings is 1. The first-order valence-corrected chi connectivity index (χ1v) is 8.06. The van der Waals surface area contributed by atoms with Gasteiger partial charge in [0.1, 0.15) is 0 Å². The van der Waals surface area contributed by atoms with Crippen LogP contribution >= 0.6 is 11.6 Å². The quantitative estimate of drug-likeness (QED) is 0.884. The lowest BCUT2D eigenvalue weighted by molar-refractivity contribution is 0.244. The monoisotopic (exact) mass is 306 g/mol. The topological polar surface area (TPSA) is 46.2 Å². The standard InChI is InChI=1S/C16H23ClN4/c17-14-1-2-15-13(3-7-20-9-5-19-6-10-20)12-21(8-4-18)16(15)11-14/h1-2,11-12,19H,3-10,18H2.